The average molecular weight is 293 g/mol. The number of hydrogen-bond acceptors (Lipinski definition) is 3. The lowest BCUT2D eigenvalue weighted by molar-refractivity contribution is 1.16. The van der Waals surface area contributed by atoms with Gasteiger partial charge in [-0.05, 0) is 49.2 Å². The van der Waals surface area contributed by atoms with Crippen LogP contribution < -0.4 is 5.32 Å². The van der Waals surface area contributed by atoms with Crippen LogP contribution in [-0.2, 0) is 5.75 Å². The van der Waals surface area contributed by atoms with E-state index in [1.165, 1.54) is 16.0 Å². The largest absolute Gasteiger partial charge is 0.373 e. The van der Waals surface area contributed by atoms with Gasteiger partial charge in [0.25, 0.3) is 0 Å². The molecule has 2 aromatic rings. The number of halogens is 1. The Labute approximate surface area is 123 Å². The van der Waals surface area contributed by atoms with Gasteiger partial charge in [-0.1, -0.05) is 17.7 Å². The van der Waals surface area contributed by atoms with Crippen LogP contribution in [0.3, 0.4) is 0 Å². The molecule has 19 heavy (non-hydrogen) atoms. The van der Waals surface area contributed by atoms with Gasteiger partial charge in [0.1, 0.15) is 5.82 Å². The zero-order valence-corrected chi connectivity index (χ0v) is 12.9. The van der Waals surface area contributed by atoms with Gasteiger partial charge in [0.2, 0.25) is 0 Å². The van der Waals surface area contributed by atoms with E-state index >= 15 is 0 Å². The molecule has 100 valence electrons. The molecule has 0 atom stereocenters. The Morgan fingerprint density at radius 1 is 1.16 bits per heavy atom. The fourth-order valence-electron chi connectivity index (χ4n) is 1.68. The summed E-state index contributed by atoms with van der Waals surface area (Å²) >= 11 is 7.93. The lowest BCUT2D eigenvalue weighted by atomic mass is 10.1. The van der Waals surface area contributed by atoms with E-state index in [1.54, 1.807) is 11.8 Å². The quantitative estimate of drug-likeness (QED) is 0.828. The van der Waals surface area contributed by atoms with Crippen molar-refractivity contribution in [1.82, 2.24) is 4.98 Å². The van der Waals surface area contributed by atoms with Gasteiger partial charge < -0.3 is 5.32 Å². The van der Waals surface area contributed by atoms with E-state index in [0.717, 1.165) is 22.3 Å². The van der Waals surface area contributed by atoms with Gasteiger partial charge in [-0.15, -0.1) is 11.8 Å². The molecule has 1 aromatic carbocycles. The minimum atomic E-state index is 0.718. The van der Waals surface area contributed by atoms with Gasteiger partial charge in [0.15, 0.2) is 0 Å². The monoisotopic (exact) mass is 292 g/mol. The third-order valence-corrected chi connectivity index (χ3v) is 4.38. The number of nitrogens with zero attached hydrogens (tertiary/aromatic N) is 1. The summed E-state index contributed by atoms with van der Waals surface area (Å²) in [7, 11) is 1.86. The van der Waals surface area contributed by atoms with Crippen molar-refractivity contribution in [2.24, 2.45) is 0 Å². The second-order valence-electron chi connectivity index (χ2n) is 4.41. The standard InChI is InChI=1S/C15H17ClN2S/c1-10-4-5-12(8-11(10)2)19-9-14-13(16)6-7-15(17-3)18-14/h4-8H,9H2,1-3H3,(H,17,18). The van der Waals surface area contributed by atoms with Gasteiger partial charge in [-0.25, -0.2) is 4.98 Å². The lowest BCUT2D eigenvalue weighted by Gasteiger charge is -2.08. The van der Waals surface area contributed by atoms with Crippen molar-refractivity contribution in [2.45, 2.75) is 24.5 Å². The molecule has 2 rings (SSSR count). The van der Waals surface area contributed by atoms with Crippen molar-refractivity contribution in [2.75, 3.05) is 12.4 Å². The molecular weight excluding hydrogens is 276 g/mol. The van der Waals surface area contributed by atoms with Crippen molar-refractivity contribution < 1.29 is 0 Å². The molecule has 1 N–H and O–H groups in total. The van der Waals surface area contributed by atoms with Crippen LogP contribution in [0.4, 0.5) is 5.82 Å². The first-order valence-electron chi connectivity index (χ1n) is 6.13. The van der Waals surface area contributed by atoms with Gasteiger partial charge in [-0.3, -0.25) is 0 Å². The van der Waals surface area contributed by atoms with Crippen molar-refractivity contribution in [3.63, 3.8) is 0 Å². The zero-order valence-electron chi connectivity index (χ0n) is 11.3. The van der Waals surface area contributed by atoms with Crippen LogP contribution in [0.2, 0.25) is 5.02 Å². The van der Waals surface area contributed by atoms with E-state index in [1.807, 2.05) is 19.2 Å². The highest BCUT2D eigenvalue weighted by Crippen LogP contribution is 2.27. The second kappa shape index (κ2) is 6.31. The van der Waals surface area contributed by atoms with Crippen molar-refractivity contribution in [1.29, 1.82) is 0 Å². The Kier molecular flexibility index (Phi) is 4.72. The molecule has 0 unspecified atom stereocenters. The number of aromatic nitrogens is 1. The summed E-state index contributed by atoms with van der Waals surface area (Å²) in [6.07, 6.45) is 0. The molecule has 1 heterocycles. The van der Waals surface area contributed by atoms with Crippen LogP contribution >= 0.6 is 23.4 Å². The average Bonchev–Trinajstić information content (AvgIpc) is 2.41. The number of anilines is 1. The van der Waals surface area contributed by atoms with Gasteiger partial charge in [0.05, 0.1) is 10.7 Å². The van der Waals surface area contributed by atoms with E-state index in [0.29, 0.717) is 0 Å². The maximum Gasteiger partial charge on any atom is 0.126 e. The van der Waals surface area contributed by atoms with E-state index < -0.39 is 0 Å². The van der Waals surface area contributed by atoms with E-state index in [9.17, 15) is 0 Å². The van der Waals surface area contributed by atoms with Crippen molar-refractivity contribution in [3.8, 4) is 0 Å². The smallest absolute Gasteiger partial charge is 0.126 e. The fraction of sp³-hybridized carbons (Fsp3) is 0.267. The normalized spacial score (nSPS) is 10.5. The number of benzene rings is 1. The van der Waals surface area contributed by atoms with E-state index in [-0.39, 0.29) is 0 Å². The van der Waals surface area contributed by atoms with Crippen LogP contribution in [0, 0.1) is 13.8 Å². The summed E-state index contributed by atoms with van der Waals surface area (Å²) in [6, 6.07) is 10.3. The molecule has 0 aliphatic heterocycles. The molecule has 1 aromatic heterocycles. The summed E-state index contributed by atoms with van der Waals surface area (Å²) in [6.45, 7) is 4.25. The highest BCUT2D eigenvalue weighted by atomic mass is 35.5. The van der Waals surface area contributed by atoms with Crippen LogP contribution in [-0.4, -0.2) is 12.0 Å². The summed E-state index contributed by atoms with van der Waals surface area (Å²) in [5.74, 6) is 1.62. The Bertz CT molecular complexity index is 584. The highest BCUT2D eigenvalue weighted by Gasteiger charge is 2.05. The van der Waals surface area contributed by atoms with Crippen LogP contribution in [0.5, 0.6) is 0 Å². The molecule has 0 saturated heterocycles. The molecule has 0 amide bonds. The topological polar surface area (TPSA) is 24.9 Å². The Balaban J connectivity index is 2.11. The van der Waals surface area contributed by atoms with Crippen molar-refractivity contribution in [3.05, 3.63) is 52.2 Å². The number of pyridine rings is 1. The maximum absolute atomic E-state index is 6.17. The van der Waals surface area contributed by atoms with Crippen molar-refractivity contribution >= 4 is 29.2 Å². The molecular formula is C15H17ClN2S. The number of thioether (sulfide) groups is 1. The SMILES string of the molecule is CNc1ccc(Cl)c(CSc2ccc(C)c(C)c2)n1. The third-order valence-electron chi connectivity index (χ3n) is 3.03. The highest BCUT2D eigenvalue weighted by molar-refractivity contribution is 7.98. The molecule has 0 radical (unpaired) electrons. The van der Waals surface area contributed by atoms with E-state index in [4.69, 9.17) is 11.6 Å². The fourth-order valence-corrected chi connectivity index (χ4v) is 2.88. The minimum absolute atomic E-state index is 0.718. The predicted octanol–water partition coefficient (Wildman–Crippen LogP) is 4.69. The number of aryl methyl sites for hydroxylation is 2. The number of hydrogen-bond donors (Lipinski definition) is 1. The Morgan fingerprint density at radius 3 is 2.63 bits per heavy atom. The molecule has 0 aliphatic carbocycles. The van der Waals surface area contributed by atoms with Gasteiger partial charge in [0, 0.05) is 17.7 Å². The number of rotatable bonds is 4. The van der Waals surface area contributed by atoms with Crippen LogP contribution in [0.15, 0.2) is 35.2 Å². The maximum atomic E-state index is 6.17. The van der Waals surface area contributed by atoms with Crippen LogP contribution in [0.1, 0.15) is 16.8 Å². The first-order chi connectivity index (χ1) is 9.10. The summed E-state index contributed by atoms with van der Waals surface area (Å²) < 4.78 is 0. The van der Waals surface area contributed by atoms with Gasteiger partial charge in [-0.2, -0.15) is 0 Å². The predicted molar refractivity (Wildman–Crippen MR) is 84.3 cm³/mol. The lowest BCUT2D eigenvalue weighted by Crippen LogP contribution is -1.96. The molecule has 2 nitrogen and oxygen atoms in total. The molecule has 0 saturated carbocycles. The molecule has 0 aliphatic rings. The number of nitrogens with one attached hydrogen (secondary N) is 1. The summed E-state index contributed by atoms with van der Waals surface area (Å²) in [4.78, 5) is 5.73. The molecule has 0 fully saturated rings. The second-order valence-corrected chi connectivity index (χ2v) is 5.87. The third kappa shape index (κ3) is 3.64. The molecule has 0 spiro atoms. The Hall–Kier alpha value is -1.19. The summed E-state index contributed by atoms with van der Waals surface area (Å²) in [5.41, 5.74) is 3.54. The van der Waals surface area contributed by atoms with Gasteiger partial charge >= 0.3 is 0 Å². The Morgan fingerprint density at radius 2 is 1.95 bits per heavy atom. The molecule has 4 heteroatoms. The first kappa shape index (κ1) is 14.2. The molecule has 0 bridgehead atoms. The first-order valence-corrected chi connectivity index (χ1v) is 7.49. The van der Waals surface area contributed by atoms with Crippen LogP contribution in [0.25, 0.3) is 0 Å². The minimum Gasteiger partial charge on any atom is -0.373 e. The van der Waals surface area contributed by atoms with E-state index in [2.05, 4.69) is 42.3 Å². The summed E-state index contributed by atoms with van der Waals surface area (Å²) in [5, 5.41) is 3.75. The zero-order chi connectivity index (χ0) is 13.8.